The fourth-order valence-corrected chi connectivity index (χ4v) is 4.56. The molecule has 3 atom stereocenters. The van der Waals surface area contributed by atoms with Crippen molar-refractivity contribution in [3.05, 3.63) is 11.6 Å². The number of carbonyl (C=O) groups excluding carboxylic acids is 1. The van der Waals surface area contributed by atoms with Gasteiger partial charge in [-0.1, -0.05) is 0 Å². The molecule has 23 heavy (non-hydrogen) atoms. The van der Waals surface area contributed by atoms with Gasteiger partial charge in [-0.25, -0.2) is 4.98 Å². The van der Waals surface area contributed by atoms with Crippen LogP contribution in [0.2, 0.25) is 0 Å². The second kappa shape index (κ2) is 6.37. The van der Waals surface area contributed by atoms with Gasteiger partial charge < -0.3 is 19.7 Å². The first-order valence-corrected chi connectivity index (χ1v) is 9.32. The van der Waals surface area contributed by atoms with Crippen LogP contribution in [0.4, 0.5) is 5.13 Å². The molecule has 1 aromatic heterocycles. The number of nitrogens with zero attached hydrogens (tertiary/aromatic N) is 2. The van der Waals surface area contributed by atoms with Gasteiger partial charge in [-0.2, -0.15) is 0 Å². The second-order valence-electron chi connectivity index (χ2n) is 6.74. The van der Waals surface area contributed by atoms with Crippen molar-refractivity contribution in [3.63, 3.8) is 0 Å². The maximum atomic E-state index is 12.6. The molecule has 0 bridgehead atoms. The number of rotatable bonds is 3. The molecule has 6 nitrogen and oxygen atoms in total. The maximum Gasteiger partial charge on any atom is 0.251 e. The molecule has 1 N–H and O–H groups in total. The third kappa shape index (κ3) is 3.22. The number of nitrogens with one attached hydrogen (secondary N) is 1. The Kier molecular flexibility index (Phi) is 4.26. The van der Waals surface area contributed by atoms with Crippen molar-refractivity contribution in [2.75, 3.05) is 31.6 Å². The molecule has 3 aliphatic heterocycles. The summed E-state index contributed by atoms with van der Waals surface area (Å²) in [6.07, 6.45) is 6.39. The lowest BCUT2D eigenvalue weighted by Crippen LogP contribution is -2.52. The highest BCUT2D eigenvalue weighted by molar-refractivity contribution is 7.13. The van der Waals surface area contributed by atoms with E-state index in [2.05, 4.69) is 10.3 Å². The number of thiazole rings is 1. The maximum absolute atomic E-state index is 12.6. The summed E-state index contributed by atoms with van der Waals surface area (Å²) in [5, 5.41) is 6.36. The minimum Gasteiger partial charge on any atom is -0.371 e. The molecule has 3 fully saturated rings. The molecule has 1 spiro atoms. The fraction of sp³-hybridized carbons (Fsp3) is 0.750. The Labute approximate surface area is 140 Å². The molecule has 0 radical (unpaired) electrons. The Morgan fingerprint density at radius 2 is 2.43 bits per heavy atom. The van der Waals surface area contributed by atoms with Gasteiger partial charge in [0.25, 0.3) is 5.91 Å². The van der Waals surface area contributed by atoms with Gasteiger partial charge in [-0.3, -0.25) is 4.79 Å². The Hall–Kier alpha value is -1.18. The van der Waals surface area contributed by atoms with Crippen molar-refractivity contribution < 1.29 is 14.3 Å². The largest absolute Gasteiger partial charge is 0.371 e. The minimum atomic E-state index is -0.226. The van der Waals surface area contributed by atoms with E-state index >= 15 is 0 Å². The number of amides is 1. The van der Waals surface area contributed by atoms with Crippen LogP contribution < -0.4 is 5.32 Å². The number of hydrogen-bond donors (Lipinski definition) is 1. The minimum absolute atomic E-state index is 0.154. The van der Waals surface area contributed by atoms with E-state index in [9.17, 15) is 4.79 Å². The lowest BCUT2D eigenvalue weighted by atomic mass is 9.88. The Bertz CT molecular complexity index is 547. The van der Waals surface area contributed by atoms with Crippen LogP contribution in [0.1, 0.15) is 32.1 Å². The van der Waals surface area contributed by atoms with Gasteiger partial charge >= 0.3 is 0 Å². The van der Waals surface area contributed by atoms with Gasteiger partial charge in [0.15, 0.2) is 5.13 Å². The van der Waals surface area contributed by atoms with Crippen LogP contribution in [0.25, 0.3) is 0 Å². The predicted octanol–water partition coefficient (Wildman–Crippen LogP) is 1.88. The highest BCUT2D eigenvalue weighted by atomic mass is 32.1. The summed E-state index contributed by atoms with van der Waals surface area (Å²) in [7, 11) is 0. The Morgan fingerprint density at radius 1 is 1.48 bits per heavy atom. The monoisotopic (exact) mass is 337 g/mol. The fourth-order valence-electron chi connectivity index (χ4n) is 3.95. The lowest BCUT2D eigenvalue weighted by Gasteiger charge is -2.40. The van der Waals surface area contributed by atoms with Gasteiger partial charge in [-0.05, 0) is 25.7 Å². The molecule has 4 rings (SSSR count). The second-order valence-corrected chi connectivity index (χ2v) is 7.64. The highest BCUT2D eigenvalue weighted by Crippen LogP contribution is 2.36. The SMILES string of the molecule is O=C([C@@H]1CCCO1)N1CCCC2(CC(Nc3nccs3)CO2)C1. The van der Waals surface area contributed by atoms with Gasteiger partial charge in [0.05, 0.1) is 18.2 Å². The summed E-state index contributed by atoms with van der Waals surface area (Å²) in [5.41, 5.74) is -0.193. The molecule has 1 amide bonds. The van der Waals surface area contributed by atoms with E-state index < -0.39 is 0 Å². The zero-order valence-electron chi connectivity index (χ0n) is 13.2. The van der Waals surface area contributed by atoms with E-state index in [4.69, 9.17) is 9.47 Å². The van der Waals surface area contributed by atoms with Crippen LogP contribution in [0, 0.1) is 0 Å². The van der Waals surface area contributed by atoms with Crippen molar-refractivity contribution in [1.29, 1.82) is 0 Å². The molecule has 0 saturated carbocycles. The third-order valence-corrected chi connectivity index (χ3v) is 5.73. The third-order valence-electron chi connectivity index (χ3n) is 5.03. The van der Waals surface area contributed by atoms with Crippen LogP contribution in [-0.2, 0) is 14.3 Å². The summed E-state index contributed by atoms with van der Waals surface area (Å²) < 4.78 is 11.7. The van der Waals surface area contributed by atoms with Gasteiger partial charge in [0.2, 0.25) is 0 Å². The number of piperidine rings is 1. The lowest BCUT2D eigenvalue weighted by molar-refractivity contribution is -0.148. The van der Waals surface area contributed by atoms with E-state index in [0.29, 0.717) is 19.8 Å². The molecule has 126 valence electrons. The van der Waals surface area contributed by atoms with Crippen molar-refractivity contribution in [2.45, 2.75) is 49.9 Å². The molecule has 0 aliphatic carbocycles. The topological polar surface area (TPSA) is 63.7 Å². The van der Waals surface area contributed by atoms with Crippen LogP contribution in [-0.4, -0.2) is 59.8 Å². The van der Waals surface area contributed by atoms with Crippen LogP contribution in [0.15, 0.2) is 11.6 Å². The summed E-state index contributed by atoms with van der Waals surface area (Å²) >= 11 is 1.61. The summed E-state index contributed by atoms with van der Waals surface area (Å²) in [6.45, 7) is 2.92. The van der Waals surface area contributed by atoms with Gasteiger partial charge in [0, 0.05) is 37.7 Å². The molecule has 4 heterocycles. The average Bonchev–Trinajstić information content (AvgIpc) is 3.30. The van der Waals surface area contributed by atoms with E-state index in [1.165, 1.54) is 0 Å². The van der Waals surface area contributed by atoms with Gasteiger partial charge in [-0.15, -0.1) is 11.3 Å². The van der Waals surface area contributed by atoms with Crippen molar-refractivity contribution >= 4 is 22.4 Å². The predicted molar refractivity (Wildman–Crippen MR) is 87.6 cm³/mol. The Balaban J connectivity index is 1.37. The van der Waals surface area contributed by atoms with Crippen molar-refractivity contribution in [3.8, 4) is 0 Å². The molecular formula is C16H23N3O3S. The van der Waals surface area contributed by atoms with Crippen molar-refractivity contribution in [1.82, 2.24) is 9.88 Å². The average molecular weight is 337 g/mol. The number of hydrogen-bond acceptors (Lipinski definition) is 6. The van der Waals surface area contributed by atoms with Gasteiger partial charge in [0.1, 0.15) is 6.10 Å². The first-order chi connectivity index (χ1) is 11.2. The number of likely N-dealkylation sites (tertiary alicyclic amines) is 1. The zero-order chi connectivity index (χ0) is 15.7. The Morgan fingerprint density at radius 3 is 3.22 bits per heavy atom. The number of anilines is 1. The smallest absolute Gasteiger partial charge is 0.251 e. The molecule has 0 aromatic carbocycles. The first kappa shape index (κ1) is 15.4. The number of carbonyl (C=O) groups is 1. The summed E-state index contributed by atoms with van der Waals surface area (Å²) in [4.78, 5) is 18.8. The molecule has 2 unspecified atom stereocenters. The number of aromatic nitrogens is 1. The van der Waals surface area contributed by atoms with Crippen molar-refractivity contribution in [2.24, 2.45) is 0 Å². The highest BCUT2D eigenvalue weighted by Gasteiger charge is 2.45. The molecule has 1 aromatic rings. The van der Waals surface area contributed by atoms with Crippen LogP contribution in [0.3, 0.4) is 0 Å². The molecular weight excluding hydrogens is 314 g/mol. The normalized spacial score (nSPS) is 34.2. The number of ether oxygens (including phenoxy) is 2. The van der Waals surface area contributed by atoms with Crippen LogP contribution in [0.5, 0.6) is 0 Å². The molecule has 3 aliphatic rings. The van der Waals surface area contributed by atoms with Crippen LogP contribution >= 0.6 is 11.3 Å². The zero-order valence-corrected chi connectivity index (χ0v) is 14.0. The van der Waals surface area contributed by atoms with E-state index in [0.717, 1.165) is 43.8 Å². The summed E-state index contributed by atoms with van der Waals surface area (Å²) in [5.74, 6) is 0.154. The quantitative estimate of drug-likeness (QED) is 0.912. The van der Waals surface area contributed by atoms with E-state index in [-0.39, 0.29) is 23.7 Å². The molecule has 3 saturated heterocycles. The van der Waals surface area contributed by atoms with E-state index in [1.54, 1.807) is 17.5 Å². The molecule has 7 heteroatoms. The first-order valence-electron chi connectivity index (χ1n) is 8.45. The standard InChI is InChI=1S/C16H23N3O3S/c20-14(13-3-1-7-21-13)19-6-2-4-16(11-19)9-12(10-22-16)18-15-17-5-8-23-15/h5,8,12-13H,1-4,6-7,9-11H2,(H,17,18)/t12?,13-,16?/m0/s1. The van der Waals surface area contributed by atoms with E-state index in [1.807, 2.05) is 10.3 Å². The summed E-state index contributed by atoms with van der Waals surface area (Å²) in [6, 6.07) is 0.277.